The molecule has 0 saturated carbocycles. The zero-order valence-electron chi connectivity index (χ0n) is 17.4. The van der Waals surface area contributed by atoms with Gasteiger partial charge in [-0.3, -0.25) is 9.59 Å². The molecule has 0 amide bonds. The Labute approximate surface area is 240 Å². The molecule has 2 unspecified atom stereocenters. The molecule has 0 aliphatic heterocycles. The third-order valence-electron chi connectivity index (χ3n) is 2.03. The number of carbonyl (C=O) groups is 2. The van der Waals surface area contributed by atoms with E-state index in [1.165, 1.54) is 11.8 Å². The van der Waals surface area contributed by atoms with E-state index in [0.717, 1.165) is 0 Å². The minimum Gasteiger partial charge on any atom is -0.514 e. The van der Waals surface area contributed by atoms with Crippen LogP contribution in [-0.2, 0) is 41.2 Å². The summed E-state index contributed by atoms with van der Waals surface area (Å²) < 4.78 is 19.6. The molecule has 0 fully saturated rings. The predicted molar refractivity (Wildman–Crippen MR) is 125 cm³/mol. The molecule has 0 radical (unpaired) electrons. The van der Waals surface area contributed by atoms with Gasteiger partial charge in [0.05, 0.1) is 26.4 Å². The molecule has 12 heteroatoms. The van der Waals surface area contributed by atoms with Crippen molar-refractivity contribution < 1.29 is 79.9 Å². The molecular formula is C16H28BrKO6S4. The number of thioether (sulfide) groups is 1. The maximum absolute atomic E-state index is 11.1. The summed E-state index contributed by atoms with van der Waals surface area (Å²) >= 11 is 17.9. The average Bonchev–Trinajstić information content (AvgIpc) is 2.56. The second-order valence-electron chi connectivity index (χ2n) is 4.25. The molecule has 0 aromatic heterocycles. The maximum atomic E-state index is 11.1. The van der Waals surface area contributed by atoms with Crippen LogP contribution in [0.5, 0.6) is 0 Å². The van der Waals surface area contributed by atoms with Gasteiger partial charge in [-0.25, -0.2) is 0 Å². The van der Waals surface area contributed by atoms with Gasteiger partial charge in [0.25, 0.3) is 0 Å². The van der Waals surface area contributed by atoms with E-state index in [9.17, 15) is 9.59 Å². The molecule has 0 rings (SSSR count). The third-order valence-corrected chi connectivity index (χ3v) is 3.90. The molecular weight excluding hydrogens is 535 g/mol. The number of ether oxygens (including phenoxy) is 4. The molecule has 0 aliphatic rings. The van der Waals surface area contributed by atoms with Crippen LogP contribution >= 0.6 is 52.1 Å². The minimum absolute atomic E-state index is 0. The van der Waals surface area contributed by atoms with E-state index < -0.39 is 0 Å². The number of halogens is 1. The van der Waals surface area contributed by atoms with Crippen LogP contribution in [0.15, 0.2) is 0 Å². The van der Waals surface area contributed by atoms with Crippen LogP contribution in [0.4, 0.5) is 0 Å². The number of esters is 2. The normalized spacial score (nSPS) is 10.8. The first-order valence-corrected chi connectivity index (χ1v) is 11.2. The maximum Gasteiger partial charge on any atom is 1.00 e. The number of hydrogen-bond donors (Lipinski definition) is 0. The van der Waals surface area contributed by atoms with E-state index in [1.54, 1.807) is 27.7 Å². The van der Waals surface area contributed by atoms with E-state index in [0.29, 0.717) is 30.8 Å². The molecule has 0 N–H and O–H groups in total. The Bertz CT molecular complexity index is 441. The van der Waals surface area contributed by atoms with Gasteiger partial charge in [0.2, 0.25) is 4.38 Å². The fourth-order valence-corrected chi connectivity index (χ4v) is 2.54. The SMILES string of the molecule is CCOC(=O)C(C)Br.CCOC(=O)C(C)SC(=S)OCC.CCOC(=S)[S-].[K+]. The number of carbonyl (C=O) groups excluding carboxylic acids is 2. The summed E-state index contributed by atoms with van der Waals surface area (Å²) in [6.07, 6.45) is 0. The first kappa shape index (κ1) is 36.8. The first-order chi connectivity index (χ1) is 12.6. The smallest absolute Gasteiger partial charge is 0.514 e. The summed E-state index contributed by atoms with van der Waals surface area (Å²) in [4.78, 5) is 21.4. The van der Waals surface area contributed by atoms with Crippen LogP contribution in [-0.4, -0.2) is 57.2 Å². The van der Waals surface area contributed by atoms with Crippen molar-refractivity contribution in [3.63, 3.8) is 0 Å². The molecule has 0 saturated heterocycles. The van der Waals surface area contributed by atoms with Crippen LogP contribution < -0.4 is 51.4 Å². The zero-order valence-corrected chi connectivity index (χ0v) is 25.4. The molecule has 0 aromatic rings. The molecule has 0 aliphatic carbocycles. The number of alkyl halides is 1. The van der Waals surface area contributed by atoms with Crippen molar-refractivity contribution in [3.05, 3.63) is 0 Å². The molecule has 160 valence electrons. The van der Waals surface area contributed by atoms with Crippen molar-refractivity contribution in [1.82, 2.24) is 0 Å². The van der Waals surface area contributed by atoms with Gasteiger partial charge in [-0.2, -0.15) is 0 Å². The van der Waals surface area contributed by atoms with Gasteiger partial charge < -0.3 is 43.8 Å². The largest absolute Gasteiger partial charge is 1.00 e. The second kappa shape index (κ2) is 26.4. The molecule has 0 aromatic carbocycles. The Morgan fingerprint density at radius 2 is 1.29 bits per heavy atom. The fourth-order valence-electron chi connectivity index (χ4n) is 0.979. The fraction of sp³-hybridized carbons (Fsp3) is 0.750. The standard InChI is InChI=1S/C8H14O3S2.C5H9BrO2.C3H6OS2.K/c1-4-10-7(9)6(3)13-8(12)11-5-2;1-3-8-5(7)4(2)6;1-2-4-3(5)6;/h6H,4-5H2,1-3H3;4H,3H2,1-2H3;2H2,1H3,(H,5,6);/q;;;+1/p-1. The van der Waals surface area contributed by atoms with Crippen molar-refractivity contribution in [2.45, 2.75) is 51.6 Å². The summed E-state index contributed by atoms with van der Waals surface area (Å²) in [5, 5.41) is -0.293. The van der Waals surface area contributed by atoms with Crippen molar-refractivity contribution in [2.75, 3.05) is 26.4 Å². The van der Waals surface area contributed by atoms with E-state index >= 15 is 0 Å². The van der Waals surface area contributed by atoms with Gasteiger partial charge in [0.15, 0.2) is 0 Å². The Balaban J connectivity index is -0.000000165. The monoisotopic (exact) mass is 562 g/mol. The van der Waals surface area contributed by atoms with Gasteiger partial charge >= 0.3 is 63.3 Å². The molecule has 0 bridgehead atoms. The van der Waals surface area contributed by atoms with Gasteiger partial charge in [-0.05, 0) is 53.8 Å². The minimum atomic E-state index is -0.293. The van der Waals surface area contributed by atoms with E-state index in [2.05, 4.69) is 50.3 Å². The number of rotatable bonds is 7. The molecule has 6 nitrogen and oxygen atoms in total. The van der Waals surface area contributed by atoms with Crippen LogP contribution in [0.3, 0.4) is 0 Å². The Hall–Kier alpha value is 1.41. The van der Waals surface area contributed by atoms with Gasteiger partial charge in [0, 0.05) is 4.38 Å². The van der Waals surface area contributed by atoms with E-state index in [1.807, 2.05) is 13.8 Å². The van der Waals surface area contributed by atoms with E-state index in [-0.39, 0.29) is 77.8 Å². The summed E-state index contributed by atoms with van der Waals surface area (Å²) in [6.45, 7) is 12.7. The van der Waals surface area contributed by atoms with Gasteiger partial charge in [-0.15, -0.1) is 0 Å². The van der Waals surface area contributed by atoms with Crippen molar-refractivity contribution >= 4 is 85.5 Å². The quantitative estimate of drug-likeness (QED) is 0.148. The van der Waals surface area contributed by atoms with Crippen LogP contribution in [0, 0.1) is 0 Å². The Morgan fingerprint density at radius 3 is 1.54 bits per heavy atom. The van der Waals surface area contributed by atoms with Crippen molar-refractivity contribution in [3.8, 4) is 0 Å². The topological polar surface area (TPSA) is 71.1 Å². The second-order valence-corrected chi connectivity index (χ2v) is 8.56. The van der Waals surface area contributed by atoms with Gasteiger partial charge in [0.1, 0.15) is 10.1 Å². The predicted octanol–water partition coefficient (Wildman–Crippen LogP) is 1.18. The van der Waals surface area contributed by atoms with Crippen molar-refractivity contribution in [2.24, 2.45) is 0 Å². The number of thiocarbonyl (C=S) groups is 2. The zero-order chi connectivity index (χ0) is 21.8. The average molecular weight is 564 g/mol. The molecule has 0 spiro atoms. The summed E-state index contributed by atoms with van der Waals surface area (Å²) in [6, 6.07) is 0. The molecule has 28 heavy (non-hydrogen) atoms. The summed E-state index contributed by atoms with van der Waals surface area (Å²) in [5.41, 5.74) is 0. The first-order valence-electron chi connectivity index (χ1n) is 8.21. The third kappa shape index (κ3) is 29.6. The molecule has 0 heterocycles. The molecule has 2 atom stereocenters. The number of hydrogen-bond acceptors (Lipinski definition) is 10. The van der Waals surface area contributed by atoms with Crippen molar-refractivity contribution in [1.29, 1.82) is 0 Å². The van der Waals surface area contributed by atoms with Gasteiger partial charge in [-0.1, -0.05) is 27.7 Å². The van der Waals surface area contributed by atoms with E-state index in [4.69, 9.17) is 21.7 Å². The Morgan fingerprint density at radius 1 is 0.893 bits per heavy atom. The summed E-state index contributed by atoms with van der Waals surface area (Å²) in [5.74, 6) is -0.456. The van der Waals surface area contributed by atoms with Crippen LogP contribution in [0.1, 0.15) is 41.5 Å². The summed E-state index contributed by atoms with van der Waals surface area (Å²) in [7, 11) is 0. The Kier molecular flexibility index (Phi) is 34.7. The van der Waals surface area contributed by atoms with Crippen LogP contribution in [0.25, 0.3) is 0 Å². The van der Waals surface area contributed by atoms with Crippen LogP contribution in [0.2, 0.25) is 0 Å².